The van der Waals surface area contributed by atoms with Crippen molar-refractivity contribution in [2.24, 2.45) is 0 Å². The molecule has 1 amide bonds. The van der Waals surface area contributed by atoms with E-state index in [0.29, 0.717) is 0 Å². The third kappa shape index (κ3) is 2.42. The SMILES string of the molecule is CN(C(=O)CCl)c1cc(F)cc(F)c1. The van der Waals surface area contributed by atoms with Gasteiger partial charge in [0.2, 0.25) is 5.91 Å². The van der Waals surface area contributed by atoms with E-state index in [0.717, 1.165) is 23.1 Å². The lowest BCUT2D eigenvalue weighted by atomic mass is 10.3. The Morgan fingerprint density at radius 1 is 1.36 bits per heavy atom. The van der Waals surface area contributed by atoms with E-state index in [1.54, 1.807) is 0 Å². The molecule has 0 bridgehead atoms. The molecule has 0 saturated carbocycles. The minimum atomic E-state index is -0.728. The first-order valence-electron chi connectivity index (χ1n) is 3.83. The van der Waals surface area contributed by atoms with Crippen LogP contribution in [0.4, 0.5) is 14.5 Å². The van der Waals surface area contributed by atoms with Gasteiger partial charge in [0.15, 0.2) is 0 Å². The molecule has 14 heavy (non-hydrogen) atoms. The number of halogens is 3. The normalized spacial score (nSPS) is 10.0. The highest BCUT2D eigenvalue weighted by atomic mass is 35.5. The van der Waals surface area contributed by atoms with Crippen molar-refractivity contribution >= 4 is 23.2 Å². The monoisotopic (exact) mass is 219 g/mol. The molecule has 76 valence electrons. The van der Waals surface area contributed by atoms with Crippen molar-refractivity contribution < 1.29 is 13.6 Å². The van der Waals surface area contributed by atoms with E-state index < -0.39 is 17.5 Å². The first-order valence-corrected chi connectivity index (χ1v) is 4.36. The van der Waals surface area contributed by atoms with Crippen molar-refractivity contribution in [3.8, 4) is 0 Å². The predicted octanol–water partition coefficient (Wildman–Crippen LogP) is 2.17. The Hall–Kier alpha value is -1.16. The van der Waals surface area contributed by atoms with Crippen molar-refractivity contribution in [2.75, 3.05) is 17.8 Å². The van der Waals surface area contributed by atoms with Crippen LogP contribution in [0.2, 0.25) is 0 Å². The highest BCUT2D eigenvalue weighted by molar-refractivity contribution is 6.29. The van der Waals surface area contributed by atoms with Crippen molar-refractivity contribution in [2.45, 2.75) is 0 Å². The van der Waals surface area contributed by atoms with Crippen LogP contribution in [-0.4, -0.2) is 18.8 Å². The van der Waals surface area contributed by atoms with E-state index in [4.69, 9.17) is 11.6 Å². The molecule has 2 nitrogen and oxygen atoms in total. The fraction of sp³-hybridized carbons (Fsp3) is 0.222. The molecule has 0 aliphatic rings. The lowest BCUT2D eigenvalue weighted by Gasteiger charge is -2.15. The zero-order valence-corrected chi connectivity index (χ0v) is 8.18. The van der Waals surface area contributed by atoms with E-state index in [1.807, 2.05) is 0 Å². The number of amides is 1. The van der Waals surface area contributed by atoms with Gasteiger partial charge in [-0.25, -0.2) is 8.78 Å². The molecule has 0 atom stereocenters. The average molecular weight is 220 g/mol. The molecular formula is C9H8ClF2NO. The molecule has 5 heteroatoms. The Morgan fingerprint density at radius 3 is 2.29 bits per heavy atom. The third-order valence-corrected chi connectivity index (χ3v) is 1.95. The van der Waals surface area contributed by atoms with Crippen LogP contribution in [0.15, 0.2) is 18.2 Å². The number of anilines is 1. The minimum Gasteiger partial charge on any atom is -0.314 e. The Balaban J connectivity index is 3.00. The van der Waals surface area contributed by atoms with Gasteiger partial charge in [-0.05, 0) is 12.1 Å². The van der Waals surface area contributed by atoms with Crippen LogP contribution < -0.4 is 4.90 Å². The molecule has 0 heterocycles. The lowest BCUT2D eigenvalue weighted by Crippen LogP contribution is -2.27. The quantitative estimate of drug-likeness (QED) is 0.698. The van der Waals surface area contributed by atoms with Crippen LogP contribution in [0.1, 0.15) is 0 Å². The van der Waals surface area contributed by atoms with Gasteiger partial charge in [0.05, 0.1) is 0 Å². The van der Waals surface area contributed by atoms with Crippen molar-refractivity contribution in [1.29, 1.82) is 0 Å². The number of hydrogen-bond acceptors (Lipinski definition) is 1. The summed E-state index contributed by atoms with van der Waals surface area (Å²) in [6.07, 6.45) is 0. The van der Waals surface area contributed by atoms with E-state index in [9.17, 15) is 13.6 Å². The predicted molar refractivity (Wildman–Crippen MR) is 50.5 cm³/mol. The Bertz CT molecular complexity index is 336. The number of benzene rings is 1. The second kappa shape index (κ2) is 4.37. The van der Waals surface area contributed by atoms with Crippen LogP contribution in [0.3, 0.4) is 0 Å². The molecule has 0 aliphatic heterocycles. The fourth-order valence-corrected chi connectivity index (χ4v) is 1.15. The number of rotatable bonds is 2. The topological polar surface area (TPSA) is 20.3 Å². The first kappa shape index (κ1) is 10.9. The maximum absolute atomic E-state index is 12.7. The maximum Gasteiger partial charge on any atom is 0.241 e. The zero-order valence-electron chi connectivity index (χ0n) is 7.43. The maximum atomic E-state index is 12.7. The molecule has 0 saturated heterocycles. The van der Waals surface area contributed by atoms with Crippen molar-refractivity contribution in [3.63, 3.8) is 0 Å². The summed E-state index contributed by atoms with van der Waals surface area (Å²) in [6, 6.07) is 2.86. The molecule has 0 unspecified atom stereocenters. The Kier molecular flexibility index (Phi) is 3.41. The second-order valence-corrected chi connectivity index (χ2v) is 2.98. The molecule has 0 aromatic heterocycles. The molecule has 0 spiro atoms. The summed E-state index contributed by atoms with van der Waals surface area (Å²) >= 11 is 5.30. The van der Waals surface area contributed by atoms with Gasteiger partial charge in [-0.1, -0.05) is 0 Å². The van der Waals surface area contributed by atoms with Gasteiger partial charge in [0.1, 0.15) is 17.5 Å². The van der Waals surface area contributed by atoms with Crippen LogP contribution in [0.25, 0.3) is 0 Å². The van der Waals surface area contributed by atoms with Crippen LogP contribution in [0, 0.1) is 11.6 Å². The molecule has 1 rings (SSSR count). The highest BCUT2D eigenvalue weighted by Crippen LogP contribution is 2.16. The third-order valence-electron chi connectivity index (χ3n) is 1.72. The first-order chi connectivity index (χ1) is 6.54. The number of alkyl halides is 1. The Morgan fingerprint density at radius 2 is 1.86 bits per heavy atom. The van der Waals surface area contributed by atoms with Crippen LogP contribution >= 0.6 is 11.6 Å². The summed E-state index contributed by atoms with van der Waals surface area (Å²) in [5.41, 5.74) is 0.146. The average Bonchev–Trinajstić information content (AvgIpc) is 2.14. The van der Waals surface area contributed by atoms with E-state index in [-0.39, 0.29) is 11.6 Å². The molecular weight excluding hydrogens is 212 g/mol. The molecule has 1 aromatic rings. The van der Waals surface area contributed by atoms with Gasteiger partial charge < -0.3 is 4.90 Å². The second-order valence-electron chi connectivity index (χ2n) is 2.71. The molecule has 0 radical (unpaired) electrons. The van der Waals surface area contributed by atoms with Crippen molar-refractivity contribution in [1.82, 2.24) is 0 Å². The van der Waals surface area contributed by atoms with Gasteiger partial charge in [-0.15, -0.1) is 11.6 Å². The molecule has 0 N–H and O–H groups in total. The summed E-state index contributed by atoms with van der Waals surface area (Å²) in [6.45, 7) is 0. The minimum absolute atomic E-state index is 0.146. The van der Waals surface area contributed by atoms with Gasteiger partial charge in [-0.2, -0.15) is 0 Å². The van der Waals surface area contributed by atoms with E-state index in [2.05, 4.69) is 0 Å². The largest absolute Gasteiger partial charge is 0.314 e. The molecule has 0 fully saturated rings. The summed E-state index contributed by atoms with van der Waals surface area (Å²) in [5.74, 6) is -2.10. The standard InChI is InChI=1S/C9H8ClF2NO/c1-13(9(14)5-10)8-3-6(11)2-7(12)4-8/h2-4H,5H2,1H3. The van der Waals surface area contributed by atoms with Crippen LogP contribution in [-0.2, 0) is 4.79 Å². The van der Waals surface area contributed by atoms with Gasteiger partial charge in [0.25, 0.3) is 0 Å². The number of hydrogen-bond donors (Lipinski definition) is 0. The van der Waals surface area contributed by atoms with Crippen LogP contribution in [0.5, 0.6) is 0 Å². The van der Waals surface area contributed by atoms with Gasteiger partial charge in [-0.3, -0.25) is 4.79 Å². The van der Waals surface area contributed by atoms with E-state index >= 15 is 0 Å². The highest BCUT2D eigenvalue weighted by Gasteiger charge is 2.11. The van der Waals surface area contributed by atoms with E-state index in [1.165, 1.54) is 7.05 Å². The lowest BCUT2D eigenvalue weighted by molar-refractivity contribution is -0.116. The summed E-state index contributed by atoms with van der Waals surface area (Å²) in [4.78, 5) is 12.2. The Labute approximate surface area is 85.1 Å². The summed E-state index contributed by atoms with van der Waals surface area (Å²) in [5, 5.41) is 0. The molecule has 1 aromatic carbocycles. The van der Waals surface area contributed by atoms with Gasteiger partial charge >= 0.3 is 0 Å². The summed E-state index contributed by atoms with van der Waals surface area (Å²) in [7, 11) is 1.40. The number of nitrogens with zero attached hydrogens (tertiary/aromatic N) is 1. The van der Waals surface area contributed by atoms with Gasteiger partial charge in [0, 0.05) is 18.8 Å². The zero-order chi connectivity index (χ0) is 10.7. The smallest absolute Gasteiger partial charge is 0.241 e. The number of carbonyl (C=O) groups excluding carboxylic acids is 1. The van der Waals surface area contributed by atoms with Crippen molar-refractivity contribution in [3.05, 3.63) is 29.8 Å². The molecule has 0 aliphatic carbocycles. The number of carbonyl (C=O) groups is 1. The summed E-state index contributed by atoms with van der Waals surface area (Å²) < 4.78 is 25.5. The fourth-order valence-electron chi connectivity index (χ4n) is 0.967.